The molecule has 0 aromatic rings. The molecule has 5 rings (SSSR count). The van der Waals surface area contributed by atoms with E-state index < -0.39 is 22.8 Å². The summed E-state index contributed by atoms with van der Waals surface area (Å²) in [5.41, 5.74) is -0.264. The standard InChI is InChI=1S/C43H70N2O6/c1-25(2)23-29(35(47)51-12)44-36(48)43-20-15-27(26(3)4)34(43)28-13-14-31-40(9)18-17-32(45-33(46)24-38(5,6)37(49)50)39(7,8)30(40)16-19-42(31,11)41(28,10)21-22-43/h25,27-32,34H,3,13-24H2,1-2,4-12H3,(H,44,48)(H,45,46)(H,49,50)/t27-,28+,29-,30?,31?,32-,34?,40-,41+,42+,43-/m0/s1. The van der Waals surface area contributed by atoms with Crippen LogP contribution >= 0.6 is 0 Å². The molecule has 3 unspecified atom stereocenters. The number of esters is 1. The van der Waals surface area contributed by atoms with E-state index in [9.17, 15) is 24.3 Å². The number of carboxylic acids is 1. The van der Waals surface area contributed by atoms with Crippen molar-refractivity contribution < 1.29 is 29.0 Å². The highest BCUT2D eigenvalue weighted by Gasteiger charge is 2.72. The number of fused-ring (bicyclic) bond motifs is 7. The zero-order valence-corrected chi connectivity index (χ0v) is 33.8. The summed E-state index contributed by atoms with van der Waals surface area (Å²) in [5.74, 6) is 0.672. The molecule has 11 atom stereocenters. The summed E-state index contributed by atoms with van der Waals surface area (Å²) in [7, 11) is 1.41. The third-order valence-electron chi connectivity index (χ3n) is 16.6. The van der Waals surface area contributed by atoms with Crippen molar-refractivity contribution in [1.29, 1.82) is 0 Å². The molecular formula is C43H70N2O6. The highest BCUT2D eigenvalue weighted by molar-refractivity contribution is 5.89. The second kappa shape index (κ2) is 13.5. The molecule has 3 N–H and O–H groups in total. The SMILES string of the molecule is C=C(C)[C@@H]1CC[C@]2(C(=O)N[C@@H](CC(C)C)C(=O)OC)CC[C@]3(C)[C@H](CCC4[C@@]5(C)CC[C@H](NC(=O)CC(C)(C)C(=O)O)C(C)(C)C5CC[C@]43C)C12. The first-order valence-corrected chi connectivity index (χ1v) is 20.1. The molecule has 0 spiro atoms. The Morgan fingerprint density at radius 3 is 2.14 bits per heavy atom. The van der Waals surface area contributed by atoms with E-state index in [1.165, 1.54) is 12.7 Å². The van der Waals surface area contributed by atoms with Crippen LogP contribution in [0.1, 0.15) is 146 Å². The van der Waals surface area contributed by atoms with Gasteiger partial charge in [-0.3, -0.25) is 14.4 Å². The van der Waals surface area contributed by atoms with Gasteiger partial charge in [0.1, 0.15) is 6.04 Å². The van der Waals surface area contributed by atoms with Gasteiger partial charge in [-0.2, -0.15) is 0 Å². The van der Waals surface area contributed by atoms with Crippen LogP contribution in [0.5, 0.6) is 0 Å². The minimum Gasteiger partial charge on any atom is -0.481 e. The van der Waals surface area contributed by atoms with E-state index in [1.807, 2.05) is 0 Å². The van der Waals surface area contributed by atoms with E-state index in [4.69, 9.17) is 4.74 Å². The van der Waals surface area contributed by atoms with Crippen molar-refractivity contribution in [3.8, 4) is 0 Å². The van der Waals surface area contributed by atoms with Crippen molar-refractivity contribution in [3.05, 3.63) is 12.2 Å². The second-order valence-electron chi connectivity index (χ2n) is 20.4. The average Bonchev–Trinajstić information content (AvgIpc) is 3.43. The zero-order chi connectivity index (χ0) is 38.1. The smallest absolute Gasteiger partial charge is 0.328 e. The van der Waals surface area contributed by atoms with Crippen LogP contribution in [0.4, 0.5) is 0 Å². The molecule has 0 bridgehead atoms. The molecule has 288 valence electrons. The molecule has 5 aliphatic carbocycles. The third kappa shape index (κ3) is 6.28. The number of nitrogens with one attached hydrogen (secondary N) is 2. The van der Waals surface area contributed by atoms with Crippen molar-refractivity contribution in [3.63, 3.8) is 0 Å². The highest BCUT2D eigenvalue weighted by atomic mass is 16.5. The Bertz CT molecular complexity index is 1420. The Morgan fingerprint density at radius 2 is 1.55 bits per heavy atom. The maximum atomic E-state index is 14.6. The van der Waals surface area contributed by atoms with Gasteiger partial charge in [0.15, 0.2) is 0 Å². The molecule has 0 aromatic carbocycles. The molecule has 2 amide bonds. The van der Waals surface area contributed by atoms with Crippen LogP contribution < -0.4 is 10.6 Å². The van der Waals surface area contributed by atoms with Crippen LogP contribution in [0.2, 0.25) is 0 Å². The first kappa shape index (κ1) is 39.8. The summed E-state index contributed by atoms with van der Waals surface area (Å²) in [5, 5.41) is 16.2. The summed E-state index contributed by atoms with van der Waals surface area (Å²) in [6.07, 6.45) is 10.6. The van der Waals surface area contributed by atoms with Gasteiger partial charge in [-0.1, -0.05) is 60.6 Å². The molecule has 8 nitrogen and oxygen atoms in total. The predicted octanol–water partition coefficient (Wildman–Crippen LogP) is 8.33. The summed E-state index contributed by atoms with van der Waals surface area (Å²) < 4.78 is 5.15. The van der Waals surface area contributed by atoms with Crippen LogP contribution in [0.15, 0.2) is 12.2 Å². The lowest BCUT2D eigenvalue weighted by atomic mass is 9.32. The zero-order valence-electron chi connectivity index (χ0n) is 33.8. The van der Waals surface area contributed by atoms with Crippen molar-refractivity contribution in [2.45, 2.75) is 158 Å². The van der Waals surface area contributed by atoms with Crippen molar-refractivity contribution in [2.75, 3.05) is 7.11 Å². The fourth-order valence-corrected chi connectivity index (χ4v) is 13.7. The molecule has 8 heteroatoms. The molecule has 5 fully saturated rings. The number of rotatable bonds is 10. The van der Waals surface area contributed by atoms with E-state index >= 15 is 0 Å². The Kier molecular flexibility index (Phi) is 10.5. The Balaban J connectivity index is 1.43. The summed E-state index contributed by atoms with van der Waals surface area (Å²) in [6, 6.07) is -0.623. The fraction of sp³-hybridized carbons (Fsp3) is 0.860. The van der Waals surface area contributed by atoms with Crippen LogP contribution in [0, 0.1) is 68.0 Å². The molecule has 0 aliphatic heterocycles. The number of amides is 2. The average molecular weight is 711 g/mol. The maximum Gasteiger partial charge on any atom is 0.328 e. The number of aliphatic carboxylic acids is 1. The van der Waals surface area contributed by atoms with E-state index in [0.717, 1.165) is 64.2 Å². The van der Waals surface area contributed by atoms with Gasteiger partial charge in [0.25, 0.3) is 0 Å². The van der Waals surface area contributed by atoms with Gasteiger partial charge in [-0.05, 0) is 149 Å². The molecular weight excluding hydrogens is 640 g/mol. The topological polar surface area (TPSA) is 122 Å². The van der Waals surface area contributed by atoms with E-state index in [-0.39, 0.29) is 63.7 Å². The number of carbonyl (C=O) groups excluding carboxylic acids is 3. The van der Waals surface area contributed by atoms with Gasteiger partial charge in [0.05, 0.1) is 17.9 Å². The van der Waals surface area contributed by atoms with Gasteiger partial charge in [-0.25, -0.2) is 4.79 Å². The van der Waals surface area contributed by atoms with E-state index in [2.05, 4.69) is 72.6 Å². The lowest BCUT2D eigenvalue weighted by Gasteiger charge is -2.73. The van der Waals surface area contributed by atoms with Crippen molar-refractivity contribution >= 4 is 23.8 Å². The number of carboxylic acid groups (broad SMARTS) is 1. The third-order valence-corrected chi connectivity index (χ3v) is 16.6. The van der Waals surface area contributed by atoms with Crippen LogP contribution in [-0.4, -0.2) is 48.1 Å². The number of hydrogen-bond donors (Lipinski definition) is 3. The molecule has 5 aliphatic rings. The van der Waals surface area contributed by atoms with E-state index in [0.29, 0.717) is 30.1 Å². The number of ether oxygens (including phenoxy) is 1. The molecule has 5 saturated carbocycles. The minimum absolute atomic E-state index is 0.0112. The summed E-state index contributed by atoms with van der Waals surface area (Å²) in [4.78, 5) is 52.5. The molecule has 0 saturated heterocycles. The van der Waals surface area contributed by atoms with Crippen molar-refractivity contribution in [2.24, 2.45) is 68.0 Å². The summed E-state index contributed by atoms with van der Waals surface area (Å²) >= 11 is 0. The Morgan fingerprint density at radius 1 is 0.882 bits per heavy atom. The maximum absolute atomic E-state index is 14.6. The molecule has 0 heterocycles. The number of carbonyl (C=O) groups is 4. The Hall–Kier alpha value is -2.38. The lowest BCUT2D eigenvalue weighted by Crippen LogP contribution is -2.68. The van der Waals surface area contributed by atoms with Gasteiger partial charge in [0.2, 0.25) is 11.8 Å². The second-order valence-corrected chi connectivity index (χ2v) is 20.4. The number of allylic oxidation sites excluding steroid dienone is 1. The van der Waals surface area contributed by atoms with Crippen LogP contribution in [0.25, 0.3) is 0 Å². The van der Waals surface area contributed by atoms with Gasteiger partial charge < -0.3 is 20.5 Å². The quantitative estimate of drug-likeness (QED) is 0.155. The first-order chi connectivity index (χ1) is 23.5. The monoisotopic (exact) mass is 711 g/mol. The summed E-state index contributed by atoms with van der Waals surface area (Å²) in [6.45, 7) is 26.4. The fourth-order valence-electron chi connectivity index (χ4n) is 13.7. The Labute approximate surface area is 308 Å². The minimum atomic E-state index is -1.10. The molecule has 0 aromatic heterocycles. The van der Waals surface area contributed by atoms with Gasteiger partial charge in [-0.15, -0.1) is 0 Å². The van der Waals surface area contributed by atoms with E-state index in [1.54, 1.807) is 13.8 Å². The lowest BCUT2D eigenvalue weighted by molar-refractivity contribution is -0.238. The largest absolute Gasteiger partial charge is 0.481 e. The van der Waals surface area contributed by atoms with Gasteiger partial charge >= 0.3 is 11.9 Å². The van der Waals surface area contributed by atoms with Gasteiger partial charge in [0, 0.05) is 12.5 Å². The number of hydrogen-bond acceptors (Lipinski definition) is 5. The predicted molar refractivity (Wildman–Crippen MR) is 200 cm³/mol. The highest BCUT2D eigenvalue weighted by Crippen LogP contribution is 2.77. The van der Waals surface area contributed by atoms with Crippen LogP contribution in [-0.2, 0) is 23.9 Å². The normalized spacial score (nSPS) is 40.5. The number of methoxy groups -OCH3 is 1. The molecule has 0 radical (unpaired) electrons. The van der Waals surface area contributed by atoms with Crippen LogP contribution in [0.3, 0.4) is 0 Å². The molecule has 51 heavy (non-hydrogen) atoms. The van der Waals surface area contributed by atoms with Crippen molar-refractivity contribution in [1.82, 2.24) is 10.6 Å². The first-order valence-electron chi connectivity index (χ1n) is 20.1.